The lowest BCUT2D eigenvalue weighted by molar-refractivity contribution is -0.141. The van der Waals surface area contributed by atoms with E-state index in [2.05, 4.69) is 60.3 Å². The van der Waals surface area contributed by atoms with E-state index in [0.29, 0.717) is 50.4 Å². The fourth-order valence-electron chi connectivity index (χ4n) is 5.92. The molecule has 0 aromatic heterocycles. The molecule has 17 heteroatoms. The van der Waals surface area contributed by atoms with E-state index in [4.69, 9.17) is 59.7 Å². The maximum absolute atomic E-state index is 10.3. The molecule has 3 aliphatic heterocycles. The Hall–Kier alpha value is -0.166. The third-order valence-corrected chi connectivity index (χ3v) is 15.9. The maximum atomic E-state index is 10.3. The van der Waals surface area contributed by atoms with Crippen molar-refractivity contribution >= 4 is 17.6 Å². The first-order valence-electron chi connectivity index (χ1n) is 20.9. The van der Waals surface area contributed by atoms with Crippen molar-refractivity contribution < 1.29 is 64.8 Å². The molecule has 3 heterocycles. The van der Waals surface area contributed by atoms with Crippen LogP contribution in [0.2, 0.25) is 12.1 Å². The average Bonchev–Trinajstić information content (AvgIpc) is 4.02. The second kappa shape index (κ2) is 30.8. The van der Waals surface area contributed by atoms with E-state index >= 15 is 0 Å². The number of nitrogens with zero attached hydrogens (tertiary/aromatic N) is 1. The molecule has 6 atom stereocenters. The summed E-state index contributed by atoms with van der Waals surface area (Å²) in [7, 11) is 4.97. The van der Waals surface area contributed by atoms with Gasteiger partial charge in [-0.3, -0.25) is 4.90 Å². The Morgan fingerprint density at radius 2 is 0.983 bits per heavy atom. The van der Waals surface area contributed by atoms with Crippen molar-refractivity contribution in [2.24, 2.45) is 22.7 Å². The molecule has 0 aliphatic carbocycles. The molecule has 3 aliphatic rings. The molecule has 0 amide bonds. The summed E-state index contributed by atoms with van der Waals surface area (Å²) in [6.45, 7) is 26.2. The van der Waals surface area contributed by atoms with E-state index in [0.717, 1.165) is 71.4 Å². The molecule has 0 bridgehead atoms. The number of hydrogen-bond donors (Lipinski definition) is 1. The van der Waals surface area contributed by atoms with Crippen LogP contribution in [0.1, 0.15) is 82.1 Å². The topological polar surface area (TPSA) is 153 Å². The Labute approximate surface area is 356 Å². The number of ether oxygens (including phenoxy) is 7. The van der Waals surface area contributed by atoms with Crippen molar-refractivity contribution in [2.45, 2.75) is 119 Å². The molecule has 0 radical (unpaired) electrons. The van der Waals surface area contributed by atoms with Crippen LogP contribution in [0.25, 0.3) is 0 Å². The average molecular weight is 876 g/mol. The van der Waals surface area contributed by atoms with E-state index in [1.165, 1.54) is 19.3 Å². The summed E-state index contributed by atoms with van der Waals surface area (Å²) in [5.41, 5.74) is -0.0927. The fourth-order valence-corrected chi connectivity index (χ4v) is 9.96. The van der Waals surface area contributed by atoms with Crippen LogP contribution in [0.15, 0.2) is 0 Å². The van der Waals surface area contributed by atoms with Crippen LogP contribution in [0, 0.1) is 22.7 Å². The quantitative estimate of drug-likeness (QED) is 0.0482. The number of unbranched alkanes of at least 4 members (excludes halogenated alkanes) is 1. The van der Waals surface area contributed by atoms with Gasteiger partial charge in [-0.05, 0) is 18.4 Å². The predicted octanol–water partition coefficient (Wildman–Crippen LogP) is 5.77. The molecule has 350 valence electrons. The zero-order valence-electron chi connectivity index (χ0n) is 38.4. The molecular formula is C41H89NO14Si2. The maximum Gasteiger partial charge on any atom is 0.500 e. The van der Waals surface area contributed by atoms with Crippen molar-refractivity contribution in [3.8, 4) is 0 Å². The minimum Gasteiger partial charge on any atom is -0.378 e. The number of aliphatic hydroxyl groups is 1. The SMILES string of the molecule is C.CC(C)(COCC1CO1)COCC1CO1.CCCCC(C)C[Si](OC)(OC)OC.CCN(CC(C)C[Si](OC)(OC)OC)CC(O)OCC(C)(C)COCC1CO1. The fraction of sp³-hybridized carbons (Fsp3) is 1.00. The number of epoxide rings is 3. The van der Waals surface area contributed by atoms with Gasteiger partial charge in [0.25, 0.3) is 0 Å². The summed E-state index contributed by atoms with van der Waals surface area (Å²) < 4.78 is 70.4. The molecule has 0 spiro atoms. The van der Waals surface area contributed by atoms with Crippen molar-refractivity contribution in [2.75, 3.05) is 128 Å². The Kier molecular flexibility index (Phi) is 30.7. The van der Waals surface area contributed by atoms with Crippen LogP contribution in [0.3, 0.4) is 0 Å². The number of likely N-dealkylation sites (N-methyl/N-ethyl adjacent to an activating group) is 1. The van der Waals surface area contributed by atoms with Crippen molar-refractivity contribution in [1.82, 2.24) is 4.90 Å². The van der Waals surface area contributed by atoms with Gasteiger partial charge in [0.1, 0.15) is 18.3 Å². The van der Waals surface area contributed by atoms with E-state index in [-0.39, 0.29) is 24.4 Å². The van der Waals surface area contributed by atoms with Crippen LogP contribution < -0.4 is 0 Å². The molecule has 6 unspecified atom stereocenters. The molecule has 0 aromatic rings. The lowest BCUT2D eigenvalue weighted by Gasteiger charge is -2.31. The van der Waals surface area contributed by atoms with E-state index in [9.17, 15) is 5.11 Å². The largest absolute Gasteiger partial charge is 0.500 e. The van der Waals surface area contributed by atoms with Crippen molar-refractivity contribution in [3.05, 3.63) is 0 Å². The Morgan fingerprint density at radius 3 is 1.31 bits per heavy atom. The summed E-state index contributed by atoms with van der Waals surface area (Å²) in [6.07, 6.45) is 3.85. The zero-order chi connectivity index (χ0) is 43.0. The van der Waals surface area contributed by atoms with Crippen LogP contribution in [-0.2, 0) is 59.7 Å². The first-order chi connectivity index (χ1) is 27.0. The summed E-state index contributed by atoms with van der Waals surface area (Å²) in [6, 6.07) is 1.63. The van der Waals surface area contributed by atoms with E-state index in [1.54, 1.807) is 42.7 Å². The molecular weight excluding hydrogens is 787 g/mol. The third kappa shape index (κ3) is 27.7. The predicted molar refractivity (Wildman–Crippen MR) is 231 cm³/mol. The molecule has 15 nitrogen and oxygen atoms in total. The highest BCUT2D eigenvalue weighted by Gasteiger charge is 2.40. The van der Waals surface area contributed by atoms with Crippen LogP contribution >= 0.6 is 0 Å². The second-order valence-electron chi connectivity index (χ2n) is 17.2. The Bertz CT molecular complexity index is 946. The first kappa shape index (κ1) is 57.8. The Balaban J connectivity index is 0.000000913. The minimum atomic E-state index is -2.60. The summed E-state index contributed by atoms with van der Waals surface area (Å²) >= 11 is 0. The molecule has 1 N–H and O–H groups in total. The molecule has 0 saturated carbocycles. The van der Waals surface area contributed by atoms with Gasteiger partial charge in [0.05, 0.1) is 66.1 Å². The van der Waals surface area contributed by atoms with E-state index < -0.39 is 23.9 Å². The molecule has 58 heavy (non-hydrogen) atoms. The number of aliphatic hydroxyl groups excluding tert-OH is 1. The van der Waals surface area contributed by atoms with Gasteiger partial charge in [-0.15, -0.1) is 0 Å². The number of hydrogen-bond acceptors (Lipinski definition) is 15. The van der Waals surface area contributed by atoms with Gasteiger partial charge in [-0.25, -0.2) is 0 Å². The van der Waals surface area contributed by atoms with Gasteiger partial charge in [0.2, 0.25) is 0 Å². The monoisotopic (exact) mass is 876 g/mol. The molecule has 3 rings (SSSR count). The summed E-state index contributed by atoms with van der Waals surface area (Å²) in [5.74, 6) is 0.912. The second-order valence-corrected chi connectivity index (χ2v) is 23.2. The lowest BCUT2D eigenvalue weighted by Crippen LogP contribution is -2.46. The molecule has 3 saturated heterocycles. The third-order valence-electron chi connectivity index (χ3n) is 9.81. The normalized spacial score (nSPS) is 20.6. The van der Waals surface area contributed by atoms with Crippen LogP contribution in [0.4, 0.5) is 0 Å². The standard InChI is InChI=1S/C19H41NO7Si.C11H20O4.C10H24O3Si.CH4/c1-8-20(9-16(2)13-28(22-5,23-6)24-7)10-18(21)27-15-19(3,4)14-25-11-17-12-26-17;1-11(2,7-12-3-9-5-14-9)8-13-4-10-6-15-10;1-6-7-8-10(2)9-14(11-3,12-4)13-5;/h16-18,21H,8-15H2,1-7H3;9-10H,3-8H2,1-2H3;10H,6-9H2,1-5H3;1H4. The highest BCUT2D eigenvalue weighted by atomic mass is 28.4. The van der Waals surface area contributed by atoms with Gasteiger partial charge >= 0.3 is 17.6 Å². The summed E-state index contributed by atoms with van der Waals surface area (Å²) in [4.78, 5) is 2.17. The lowest BCUT2D eigenvalue weighted by atomic mass is 9.96. The Morgan fingerprint density at radius 1 is 0.621 bits per heavy atom. The van der Waals surface area contributed by atoms with Gasteiger partial charge in [-0.1, -0.05) is 82.1 Å². The van der Waals surface area contributed by atoms with Crippen LogP contribution in [-0.4, -0.2) is 181 Å². The van der Waals surface area contributed by atoms with Crippen LogP contribution in [0.5, 0.6) is 0 Å². The van der Waals surface area contributed by atoms with Gasteiger partial charge in [-0.2, -0.15) is 0 Å². The smallest absolute Gasteiger partial charge is 0.378 e. The zero-order valence-corrected chi connectivity index (χ0v) is 40.4. The van der Waals surface area contributed by atoms with Gasteiger partial charge < -0.3 is 64.8 Å². The minimum absolute atomic E-state index is 0. The first-order valence-corrected chi connectivity index (χ1v) is 24.8. The van der Waals surface area contributed by atoms with Gasteiger partial charge in [0, 0.05) is 78.7 Å². The van der Waals surface area contributed by atoms with Crippen molar-refractivity contribution in [1.29, 1.82) is 0 Å². The van der Waals surface area contributed by atoms with Gasteiger partial charge in [0.15, 0.2) is 6.29 Å². The van der Waals surface area contributed by atoms with E-state index in [1.807, 2.05) is 0 Å². The van der Waals surface area contributed by atoms with Crippen molar-refractivity contribution in [3.63, 3.8) is 0 Å². The summed E-state index contributed by atoms with van der Waals surface area (Å²) in [5, 5.41) is 10.3. The molecule has 0 aromatic carbocycles. The number of rotatable bonds is 33. The highest BCUT2D eigenvalue weighted by Crippen LogP contribution is 2.24. The molecule has 3 fully saturated rings. The highest BCUT2D eigenvalue weighted by molar-refractivity contribution is 6.61.